The lowest BCUT2D eigenvalue weighted by Crippen LogP contribution is -1.93. The molecule has 11 heavy (non-hydrogen) atoms. The highest BCUT2D eigenvalue weighted by Crippen LogP contribution is 1.95. The topological polar surface area (TPSA) is 42.2 Å². The largest absolute Gasteiger partial charge is 0.384 e. The standard InChI is InChI=1S/C8H13NO2/c1-10-5-3-4-8(6-9)7-11-2/h4H,3,5,7H2,1-2H3/b8-4-. The molecule has 0 bridgehead atoms. The second kappa shape index (κ2) is 7.26. The first-order valence-corrected chi connectivity index (χ1v) is 3.42. The molecule has 0 atom stereocenters. The summed E-state index contributed by atoms with van der Waals surface area (Å²) in [6.07, 6.45) is 2.59. The fourth-order valence-corrected chi connectivity index (χ4v) is 0.643. The zero-order valence-electron chi connectivity index (χ0n) is 6.96. The van der Waals surface area contributed by atoms with Crippen LogP contribution in [-0.2, 0) is 9.47 Å². The van der Waals surface area contributed by atoms with Crippen molar-refractivity contribution in [2.75, 3.05) is 27.4 Å². The Morgan fingerprint density at radius 3 is 2.64 bits per heavy atom. The number of hydrogen-bond donors (Lipinski definition) is 0. The molecule has 0 rings (SSSR count). The maximum atomic E-state index is 8.52. The zero-order valence-corrected chi connectivity index (χ0v) is 6.96. The molecule has 0 saturated heterocycles. The van der Waals surface area contributed by atoms with E-state index in [4.69, 9.17) is 14.7 Å². The highest BCUT2D eigenvalue weighted by Gasteiger charge is 1.91. The van der Waals surface area contributed by atoms with Crippen molar-refractivity contribution in [3.63, 3.8) is 0 Å². The van der Waals surface area contributed by atoms with Crippen LogP contribution in [0.1, 0.15) is 6.42 Å². The highest BCUT2D eigenvalue weighted by atomic mass is 16.5. The Balaban J connectivity index is 3.64. The lowest BCUT2D eigenvalue weighted by molar-refractivity contribution is 0.203. The molecule has 0 N–H and O–H groups in total. The third-order valence-electron chi connectivity index (χ3n) is 1.16. The van der Waals surface area contributed by atoms with Gasteiger partial charge in [-0.1, -0.05) is 6.08 Å². The van der Waals surface area contributed by atoms with Gasteiger partial charge >= 0.3 is 0 Å². The molecule has 0 radical (unpaired) electrons. The molecule has 0 aromatic carbocycles. The maximum Gasteiger partial charge on any atom is 0.0968 e. The van der Waals surface area contributed by atoms with Gasteiger partial charge in [-0.15, -0.1) is 0 Å². The number of ether oxygens (including phenoxy) is 2. The van der Waals surface area contributed by atoms with E-state index in [0.717, 1.165) is 6.42 Å². The summed E-state index contributed by atoms with van der Waals surface area (Å²) >= 11 is 0. The van der Waals surface area contributed by atoms with Crippen LogP contribution in [0.25, 0.3) is 0 Å². The van der Waals surface area contributed by atoms with Crippen LogP contribution in [0, 0.1) is 11.3 Å². The third-order valence-corrected chi connectivity index (χ3v) is 1.16. The van der Waals surface area contributed by atoms with E-state index in [9.17, 15) is 0 Å². The number of rotatable bonds is 5. The molecule has 0 aliphatic rings. The van der Waals surface area contributed by atoms with Gasteiger partial charge in [0, 0.05) is 20.8 Å². The maximum absolute atomic E-state index is 8.52. The molecular weight excluding hydrogens is 142 g/mol. The molecule has 62 valence electrons. The zero-order chi connectivity index (χ0) is 8.53. The van der Waals surface area contributed by atoms with E-state index in [1.807, 2.05) is 12.1 Å². The van der Waals surface area contributed by atoms with Gasteiger partial charge in [0.15, 0.2) is 0 Å². The summed E-state index contributed by atoms with van der Waals surface area (Å²) in [6.45, 7) is 1.04. The average molecular weight is 155 g/mol. The van der Waals surface area contributed by atoms with Crippen LogP contribution in [0.4, 0.5) is 0 Å². The number of hydrogen-bond acceptors (Lipinski definition) is 3. The van der Waals surface area contributed by atoms with Gasteiger partial charge in [0.25, 0.3) is 0 Å². The summed E-state index contributed by atoms with van der Waals surface area (Å²) in [5, 5.41) is 8.52. The van der Waals surface area contributed by atoms with Crippen LogP contribution in [-0.4, -0.2) is 27.4 Å². The summed E-state index contributed by atoms with van der Waals surface area (Å²) in [5.41, 5.74) is 0.657. The fraction of sp³-hybridized carbons (Fsp3) is 0.625. The molecule has 0 aliphatic carbocycles. The van der Waals surface area contributed by atoms with E-state index in [1.54, 1.807) is 14.2 Å². The quantitative estimate of drug-likeness (QED) is 0.441. The van der Waals surface area contributed by atoms with Gasteiger partial charge in [-0.2, -0.15) is 5.26 Å². The van der Waals surface area contributed by atoms with Crippen molar-refractivity contribution in [1.29, 1.82) is 5.26 Å². The Bertz CT molecular complexity index is 158. The first-order chi connectivity index (χ1) is 5.35. The summed E-state index contributed by atoms with van der Waals surface area (Å²) in [6, 6.07) is 2.04. The van der Waals surface area contributed by atoms with Crippen LogP contribution in [0.15, 0.2) is 11.6 Å². The van der Waals surface area contributed by atoms with Crippen molar-refractivity contribution in [3.8, 4) is 6.07 Å². The fourth-order valence-electron chi connectivity index (χ4n) is 0.643. The van der Waals surface area contributed by atoms with Crippen molar-refractivity contribution in [3.05, 3.63) is 11.6 Å². The first kappa shape index (κ1) is 10.2. The van der Waals surface area contributed by atoms with Crippen molar-refractivity contribution < 1.29 is 9.47 Å². The molecule has 3 heteroatoms. The Labute approximate surface area is 67.2 Å². The molecule has 0 fully saturated rings. The van der Waals surface area contributed by atoms with Crippen molar-refractivity contribution in [1.82, 2.24) is 0 Å². The van der Waals surface area contributed by atoms with E-state index >= 15 is 0 Å². The van der Waals surface area contributed by atoms with Gasteiger partial charge in [-0.25, -0.2) is 0 Å². The molecule has 3 nitrogen and oxygen atoms in total. The van der Waals surface area contributed by atoms with E-state index in [1.165, 1.54) is 0 Å². The first-order valence-electron chi connectivity index (χ1n) is 3.42. The Hall–Kier alpha value is -0.850. The van der Waals surface area contributed by atoms with E-state index in [0.29, 0.717) is 18.8 Å². The lowest BCUT2D eigenvalue weighted by Gasteiger charge is -1.95. The molecule has 0 saturated carbocycles. The van der Waals surface area contributed by atoms with Crippen LogP contribution in [0.3, 0.4) is 0 Å². The predicted octanol–water partition coefficient (Wildman–Crippen LogP) is 1.12. The van der Waals surface area contributed by atoms with Crippen molar-refractivity contribution >= 4 is 0 Å². The van der Waals surface area contributed by atoms with Gasteiger partial charge in [-0.05, 0) is 6.42 Å². The van der Waals surface area contributed by atoms with Gasteiger partial charge < -0.3 is 9.47 Å². The Kier molecular flexibility index (Phi) is 6.70. The number of methoxy groups -OCH3 is 2. The highest BCUT2D eigenvalue weighted by molar-refractivity contribution is 5.20. The minimum atomic E-state index is 0.389. The van der Waals surface area contributed by atoms with Crippen LogP contribution in [0.5, 0.6) is 0 Å². The molecule has 0 unspecified atom stereocenters. The molecule has 0 aromatic rings. The molecule has 0 aromatic heterocycles. The van der Waals surface area contributed by atoms with Gasteiger partial charge in [0.05, 0.1) is 18.2 Å². The number of nitriles is 1. The SMILES string of the molecule is COCC/C=C(/C#N)COC. The molecular formula is C8H13NO2. The number of nitrogens with zero attached hydrogens (tertiary/aromatic N) is 1. The second-order valence-corrected chi connectivity index (χ2v) is 2.06. The average Bonchev–Trinajstić information content (AvgIpc) is 2.03. The summed E-state index contributed by atoms with van der Waals surface area (Å²) in [5.74, 6) is 0. The van der Waals surface area contributed by atoms with Gasteiger partial charge in [-0.3, -0.25) is 0 Å². The Morgan fingerprint density at radius 2 is 2.18 bits per heavy atom. The molecule has 0 aliphatic heterocycles. The van der Waals surface area contributed by atoms with E-state index < -0.39 is 0 Å². The van der Waals surface area contributed by atoms with E-state index in [-0.39, 0.29) is 0 Å². The van der Waals surface area contributed by atoms with Crippen LogP contribution < -0.4 is 0 Å². The predicted molar refractivity (Wildman–Crippen MR) is 42.1 cm³/mol. The monoisotopic (exact) mass is 155 g/mol. The minimum absolute atomic E-state index is 0.389. The van der Waals surface area contributed by atoms with E-state index in [2.05, 4.69) is 0 Å². The summed E-state index contributed by atoms with van der Waals surface area (Å²) in [7, 11) is 3.21. The second-order valence-electron chi connectivity index (χ2n) is 2.06. The van der Waals surface area contributed by atoms with Gasteiger partial charge in [0.1, 0.15) is 0 Å². The van der Waals surface area contributed by atoms with Crippen LogP contribution in [0.2, 0.25) is 0 Å². The van der Waals surface area contributed by atoms with Crippen LogP contribution >= 0.6 is 0 Å². The molecule has 0 amide bonds. The molecule has 0 spiro atoms. The lowest BCUT2D eigenvalue weighted by atomic mass is 10.2. The van der Waals surface area contributed by atoms with Crippen molar-refractivity contribution in [2.24, 2.45) is 0 Å². The third kappa shape index (κ3) is 5.59. The van der Waals surface area contributed by atoms with Gasteiger partial charge in [0.2, 0.25) is 0 Å². The Morgan fingerprint density at radius 1 is 1.45 bits per heavy atom. The normalized spacial score (nSPS) is 11.2. The summed E-state index contributed by atoms with van der Waals surface area (Å²) < 4.78 is 9.61. The smallest absolute Gasteiger partial charge is 0.0968 e. The summed E-state index contributed by atoms with van der Waals surface area (Å²) in [4.78, 5) is 0. The minimum Gasteiger partial charge on any atom is -0.384 e. The van der Waals surface area contributed by atoms with Crippen molar-refractivity contribution in [2.45, 2.75) is 6.42 Å². The molecule has 0 heterocycles.